The van der Waals surface area contributed by atoms with Gasteiger partial charge in [0.05, 0.1) is 13.2 Å². The third kappa shape index (κ3) is 2.99. The van der Waals surface area contributed by atoms with Crippen LogP contribution in [0.25, 0.3) is 0 Å². The third-order valence-corrected chi connectivity index (χ3v) is 4.43. The average molecular weight is 315 g/mol. The Bertz CT molecular complexity index is 709. The molecule has 0 radical (unpaired) electrons. The highest BCUT2D eigenvalue weighted by Crippen LogP contribution is 2.39. The first-order chi connectivity index (χ1) is 11.2. The van der Waals surface area contributed by atoms with Gasteiger partial charge in [0.1, 0.15) is 17.6 Å². The summed E-state index contributed by atoms with van der Waals surface area (Å²) < 4.78 is 18.8. The number of carbonyl (C=O) groups excluding carboxylic acids is 1. The second-order valence-electron chi connectivity index (χ2n) is 6.14. The molecule has 2 fully saturated rings. The van der Waals surface area contributed by atoms with Crippen molar-refractivity contribution in [2.45, 2.75) is 24.9 Å². The molecule has 2 aromatic rings. The van der Waals surface area contributed by atoms with E-state index in [-0.39, 0.29) is 17.8 Å². The van der Waals surface area contributed by atoms with Crippen LogP contribution in [0.3, 0.4) is 0 Å². The molecule has 6 heteroatoms. The van der Waals surface area contributed by atoms with Crippen molar-refractivity contribution in [3.63, 3.8) is 0 Å². The lowest BCUT2D eigenvalue weighted by Gasteiger charge is -2.32. The molecule has 1 amide bonds. The van der Waals surface area contributed by atoms with Crippen LogP contribution in [-0.4, -0.2) is 40.7 Å². The molecular formula is C17H18FN3O2. The molecule has 1 aromatic carbocycles. The van der Waals surface area contributed by atoms with E-state index in [1.165, 1.54) is 25.0 Å². The van der Waals surface area contributed by atoms with Gasteiger partial charge in [-0.05, 0) is 36.6 Å². The Hall–Kier alpha value is -2.21. The number of nitrogens with one attached hydrogen (secondary N) is 1. The van der Waals surface area contributed by atoms with Gasteiger partial charge in [0.2, 0.25) is 0 Å². The van der Waals surface area contributed by atoms with Crippen LogP contribution in [0, 0.1) is 5.82 Å². The maximum absolute atomic E-state index is 13.0. The van der Waals surface area contributed by atoms with Gasteiger partial charge in [-0.2, -0.15) is 5.10 Å². The quantitative estimate of drug-likeness (QED) is 0.947. The van der Waals surface area contributed by atoms with Crippen LogP contribution < -0.4 is 0 Å². The van der Waals surface area contributed by atoms with Crippen molar-refractivity contribution >= 4 is 5.91 Å². The minimum Gasteiger partial charge on any atom is -0.370 e. The summed E-state index contributed by atoms with van der Waals surface area (Å²) in [5.74, 6) is 0.186. The highest BCUT2D eigenvalue weighted by atomic mass is 19.1. The Morgan fingerprint density at radius 1 is 1.30 bits per heavy atom. The van der Waals surface area contributed by atoms with Crippen LogP contribution in [0.5, 0.6) is 0 Å². The summed E-state index contributed by atoms with van der Waals surface area (Å²) in [6.07, 6.45) is 2.11. The fraction of sp³-hybridized carbons (Fsp3) is 0.412. The van der Waals surface area contributed by atoms with Crippen LogP contribution in [0.1, 0.15) is 46.6 Å². The molecule has 2 heterocycles. The van der Waals surface area contributed by atoms with Gasteiger partial charge in [-0.25, -0.2) is 4.39 Å². The van der Waals surface area contributed by atoms with Gasteiger partial charge >= 0.3 is 0 Å². The standard InChI is InChI=1S/C17H18FN3O2/c18-13-5-3-12(4-6-13)16-10-21(7-8-23-16)17(22)15-9-14(19-20-15)11-1-2-11/h3-6,9,11,16H,1-2,7-8,10H2,(H,19,20)/t16-/m1/s1. The highest BCUT2D eigenvalue weighted by molar-refractivity contribution is 5.92. The molecule has 23 heavy (non-hydrogen) atoms. The van der Waals surface area contributed by atoms with E-state index in [2.05, 4.69) is 10.2 Å². The second kappa shape index (κ2) is 5.77. The number of halogens is 1. The molecule has 1 atom stereocenters. The SMILES string of the molecule is O=C(c1cc(C2CC2)[nH]n1)N1CCO[C@@H](c2ccc(F)cc2)C1. The molecule has 2 aliphatic rings. The number of amides is 1. The maximum atomic E-state index is 13.0. The number of aromatic nitrogens is 2. The topological polar surface area (TPSA) is 58.2 Å². The molecular weight excluding hydrogens is 297 g/mol. The van der Waals surface area contributed by atoms with Crippen molar-refractivity contribution in [3.05, 3.63) is 53.1 Å². The highest BCUT2D eigenvalue weighted by Gasteiger charge is 2.30. The van der Waals surface area contributed by atoms with E-state index in [0.717, 1.165) is 11.3 Å². The van der Waals surface area contributed by atoms with E-state index in [4.69, 9.17) is 4.74 Å². The number of carbonyl (C=O) groups is 1. The summed E-state index contributed by atoms with van der Waals surface area (Å²) in [7, 11) is 0. The summed E-state index contributed by atoms with van der Waals surface area (Å²) in [5.41, 5.74) is 2.40. The number of benzene rings is 1. The first-order valence-electron chi connectivity index (χ1n) is 7.92. The number of hydrogen-bond donors (Lipinski definition) is 1. The van der Waals surface area contributed by atoms with Crippen molar-refractivity contribution < 1.29 is 13.9 Å². The van der Waals surface area contributed by atoms with Gasteiger partial charge in [0.25, 0.3) is 5.91 Å². The van der Waals surface area contributed by atoms with E-state index in [1.54, 1.807) is 17.0 Å². The van der Waals surface area contributed by atoms with Crippen LogP contribution in [0.4, 0.5) is 4.39 Å². The summed E-state index contributed by atoms with van der Waals surface area (Å²) in [5, 5.41) is 7.12. The monoisotopic (exact) mass is 315 g/mol. The number of ether oxygens (including phenoxy) is 1. The Labute approximate surface area is 133 Å². The average Bonchev–Trinajstić information content (AvgIpc) is 3.32. The van der Waals surface area contributed by atoms with Crippen LogP contribution in [0.2, 0.25) is 0 Å². The molecule has 1 saturated carbocycles. The molecule has 4 rings (SSSR count). The Kier molecular flexibility index (Phi) is 3.61. The fourth-order valence-electron chi connectivity index (χ4n) is 2.92. The van der Waals surface area contributed by atoms with E-state index in [9.17, 15) is 9.18 Å². The number of rotatable bonds is 3. The lowest BCUT2D eigenvalue weighted by atomic mass is 10.1. The minimum atomic E-state index is -0.276. The van der Waals surface area contributed by atoms with Crippen molar-refractivity contribution in [2.24, 2.45) is 0 Å². The first kappa shape index (κ1) is 14.4. The van der Waals surface area contributed by atoms with Crippen molar-refractivity contribution in [1.82, 2.24) is 15.1 Å². The zero-order valence-corrected chi connectivity index (χ0v) is 12.7. The molecule has 0 spiro atoms. The zero-order valence-electron chi connectivity index (χ0n) is 12.7. The van der Waals surface area contributed by atoms with Gasteiger partial charge in [0, 0.05) is 18.2 Å². The summed E-state index contributed by atoms with van der Waals surface area (Å²) in [6, 6.07) is 8.09. The first-order valence-corrected chi connectivity index (χ1v) is 7.92. The molecule has 5 nitrogen and oxygen atoms in total. The number of aromatic amines is 1. The predicted molar refractivity (Wildman–Crippen MR) is 81.6 cm³/mol. The van der Waals surface area contributed by atoms with Gasteiger partial charge in [0.15, 0.2) is 0 Å². The number of nitrogens with zero attached hydrogens (tertiary/aromatic N) is 2. The van der Waals surface area contributed by atoms with Crippen LogP contribution >= 0.6 is 0 Å². The largest absolute Gasteiger partial charge is 0.370 e. The molecule has 1 N–H and O–H groups in total. The molecule has 1 saturated heterocycles. The molecule has 1 aromatic heterocycles. The zero-order chi connectivity index (χ0) is 15.8. The summed E-state index contributed by atoms with van der Waals surface area (Å²) >= 11 is 0. The number of hydrogen-bond acceptors (Lipinski definition) is 3. The number of H-pyrrole nitrogens is 1. The normalized spacial score (nSPS) is 21.4. The summed E-state index contributed by atoms with van der Waals surface area (Å²) in [4.78, 5) is 14.4. The molecule has 1 aliphatic heterocycles. The smallest absolute Gasteiger partial charge is 0.274 e. The molecule has 0 unspecified atom stereocenters. The molecule has 0 bridgehead atoms. The predicted octanol–water partition coefficient (Wildman–Crippen LogP) is 2.64. The molecule has 120 valence electrons. The second-order valence-corrected chi connectivity index (χ2v) is 6.14. The van der Waals surface area contributed by atoms with E-state index < -0.39 is 0 Å². The van der Waals surface area contributed by atoms with Crippen LogP contribution in [-0.2, 0) is 4.74 Å². The lowest BCUT2D eigenvalue weighted by molar-refractivity contribution is -0.0230. The summed E-state index contributed by atoms with van der Waals surface area (Å²) in [6.45, 7) is 1.46. The third-order valence-electron chi connectivity index (χ3n) is 4.43. The van der Waals surface area contributed by atoms with Gasteiger partial charge in [-0.1, -0.05) is 12.1 Å². The van der Waals surface area contributed by atoms with E-state index in [1.807, 2.05) is 6.07 Å². The molecule has 1 aliphatic carbocycles. The van der Waals surface area contributed by atoms with Crippen LogP contribution in [0.15, 0.2) is 30.3 Å². The number of morpholine rings is 1. The van der Waals surface area contributed by atoms with Gasteiger partial charge in [-0.15, -0.1) is 0 Å². The Balaban J connectivity index is 1.47. The van der Waals surface area contributed by atoms with E-state index >= 15 is 0 Å². The van der Waals surface area contributed by atoms with Gasteiger partial charge < -0.3 is 9.64 Å². The van der Waals surface area contributed by atoms with Crippen molar-refractivity contribution in [2.75, 3.05) is 19.7 Å². The Morgan fingerprint density at radius 2 is 2.09 bits per heavy atom. The maximum Gasteiger partial charge on any atom is 0.274 e. The van der Waals surface area contributed by atoms with Crippen molar-refractivity contribution in [1.29, 1.82) is 0 Å². The lowest BCUT2D eigenvalue weighted by Crippen LogP contribution is -2.42. The van der Waals surface area contributed by atoms with Gasteiger partial charge in [-0.3, -0.25) is 9.89 Å². The van der Waals surface area contributed by atoms with Crippen molar-refractivity contribution in [3.8, 4) is 0 Å². The van der Waals surface area contributed by atoms with E-state index in [0.29, 0.717) is 31.3 Å². The Morgan fingerprint density at radius 3 is 2.83 bits per heavy atom. The fourth-order valence-corrected chi connectivity index (χ4v) is 2.92. The minimum absolute atomic E-state index is 0.0800.